The van der Waals surface area contributed by atoms with Crippen LogP contribution < -0.4 is 4.72 Å². The first-order valence-corrected chi connectivity index (χ1v) is 7.83. The van der Waals surface area contributed by atoms with E-state index in [9.17, 15) is 13.2 Å². The van der Waals surface area contributed by atoms with Crippen molar-refractivity contribution in [2.75, 3.05) is 19.8 Å². The van der Waals surface area contributed by atoms with E-state index in [1.807, 2.05) is 0 Å². The maximum absolute atomic E-state index is 12.2. The molecule has 0 radical (unpaired) electrons. The quantitative estimate of drug-likeness (QED) is 0.581. The molecule has 1 rings (SSSR count). The first-order valence-electron chi connectivity index (χ1n) is 6.35. The summed E-state index contributed by atoms with van der Waals surface area (Å²) < 4.78 is 31.1. The Balaban J connectivity index is 2.93. The van der Waals surface area contributed by atoms with Gasteiger partial charge in [-0.05, 0) is 19.1 Å². The summed E-state index contributed by atoms with van der Waals surface area (Å²) in [6.45, 7) is 1.29. The lowest BCUT2D eigenvalue weighted by atomic mass is 10.2. The lowest BCUT2D eigenvalue weighted by Gasteiger charge is -2.08. The molecule has 0 saturated carbocycles. The monoisotopic (exact) mass is 311 g/mol. The van der Waals surface area contributed by atoms with Crippen LogP contribution in [0, 0.1) is 11.8 Å². The van der Waals surface area contributed by atoms with Crippen LogP contribution in [0.2, 0.25) is 0 Å². The molecule has 2 N–H and O–H groups in total. The molecule has 0 heterocycles. The fourth-order valence-electron chi connectivity index (χ4n) is 1.46. The van der Waals surface area contributed by atoms with E-state index in [0.29, 0.717) is 5.56 Å². The van der Waals surface area contributed by atoms with Gasteiger partial charge in [0.05, 0.1) is 18.1 Å². The summed E-state index contributed by atoms with van der Waals surface area (Å²) in [5.41, 5.74) is 0.308. The van der Waals surface area contributed by atoms with Crippen molar-refractivity contribution in [3.8, 4) is 11.8 Å². The number of esters is 1. The molecule has 1 aromatic rings. The molecule has 0 aliphatic rings. The van der Waals surface area contributed by atoms with Gasteiger partial charge >= 0.3 is 5.97 Å². The molecular formula is C14H17NO5S. The number of hydrogen-bond donors (Lipinski definition) is 2. The molecule has 7 heteroatoms. The third-order valence-electron chi connectivity index (χ3n) is 2.35. The van der Waals surface area contributed by atoms with Crippen molar-refractivity contribution in [1.82, 2.24) is 4.72 Å². The Kier molecular flexibility index (Phi) is 6.88. The second-order valence-corrected chi connectivity index (χ2v) is 5.64. The first kappa shape index (κ1) is 17.2. The van der Waals surface area contributed by atoms with Gasteiger partial charge in [0.2, 0.25) is 10.0 Å². The summed E-state index contributed by atoms with van der Waals surface area (Å²) in [6, 6.07) is 6.18. The van der Waals surface area contributed by atoms with Gasteiger partial charge in [-0.3, -0.25) is 4.79 Å². The Bertz CT molecular complexity index is 643. The Morgan fingerprint density at radius 2 is 2.10 bits per heavy atom. The Hall–Kier alpha value is -1.88. The zero-order valence-electron chi connectivity index (χ0n) is 11.6. The molecule has 0 spiro atoms. The van der Waals surface area contributed by atoms with E-state index in [1.165, 1.54) is 6.07 Å². The van der Waals surface area contributed by atoms with E-state index >= 15 is 0 Å². The SMILES string of the molecule is CCOC(=O)CNS(=O)(=O)c1ccccc1C#CCCO. The van der Waals surface area contributed by atoms with Crippen molar-refractivity contribution in [1.29, 1.82) is 0 Å². The average Bonchev–Trinajstić information content (AvgIpc) is 2.46. The van der Waals surface area contributed by atoms with Crippen molar-refractivity contribution in [3.05, 3.63) is 29.8 Å². The highest BCUT2D eigenvalue weighted by atomic mass is 32.2. The van der Waals surface area contributed by atoms with Crippen LogP contribution >= 0.6 is 0 Å². The van der Waals surface area contributed by atoms with Gasteiger partial charge < -0.3 is 9.84 Å². The lowest BCUT2D eigenvalue weighted by Crippen LogP contribution is -2.31. The van der Waals surface area contributed by atoms with E-state index in [2.05, 4.69) is 21.3 Å². The Labute approximate surface area is 124 Å². The smallest absolute Gasteiger partial charge is 0.321 e. The number of ether oxygens (including phenoxy) is 1. The predicted octanol–water partition coefficient (Wildman–Crippen LogP) is 0.262. The average molecular weight is 311 g/mol. The van der Waals surface area contributed by atoms with Gasteiger partial charge in [0.1, 0.15) is 6.54 Å². The number of sulfonamides is 1. The number of nitrogens with one attached hydrogen (secondary N) is 1. The minimum atomic E-state index is -3.86. The van der Waals surface area contributed by atoms with Crippen molar-refractivity contribution in [3.63, 3.8) is 0 Å². The highest BCUT2D eigenvalue weighted by Crippen LogP contribution is 2.14. The molecule has 6 nitrogen and oxygen atoms in total. The van der Waals surface area contributed by atoms with Gasteiger partial charge in [-0.15, -0.1) is 0 Å². The summed E-state index contributed by atoms with van der Waals surface area (Å²) in [5, 5.41) is 8.68. The van der Waals surface area contributed by atoms with Crippen LogP contribution in [0.4, 0.5) is 0 Å². The molecule has 21 heavy (non-hydrogen) atoms. The molecule has 1 aromatic carbocycles. The van der Waals surface area contributed by atoms with Crippen LogP contribution in [0.1, 0.15) is 18.9 Å². The van der Waals surface area contributed by atoms with Crippen LogP contribution in [0.15, 0.2) is 29.2 Å². The van der Waals surface area contributed by atoms with Gasteiger partial charge in [0.25, 0.3) is 0 Å². The zero-order valence-corrected chi connectivity index (χ0v) is 12.4. The molecule has 0 aromatic heterocycles. The lowest BCUT2D eigenvalue weighted by molar-refractivity contribution is -0.141. The molecule has 0 aliphatic heterocycles. The van der Waals surface area contributed by atoms with Gasteiger partial charge in [0, 0.05) is 12.0 Å². The van der Waals surface area contributed by atoms with E-state index < -0.39 is 22.5 Å². The van der Waals surface area contributed by atoms with Gasteiger partial charge in [-0.25, -0.2) is 8.42 Å². The fraction of sp³-hybridized carbons (Fsp3) is 0.357. The van der Waals surface area contributed by atoms with Crippen molar-refractivity contribution >= 4 is 16.0 Å². The number of carbonyl (C=O) groups excluding carboxylic acids is 1. The third-order valence-corrected chi connectivity index (χ3v) is 3.81. The van der Waals surface area contributed by atoms with Gasteiger partial charge in [-0.2, -0.15) is 4.72 Å². The third kappa shape index (κ3) is 5.55. The number of rotatable bonds is 6. The minimum Gasteiger partial charge on any atom is -0.465 e. The maximum Gasteiger partial charge on any atom is 0.321 e. The van der Waals surface area contributed by atoms with Crippen LogP contribution in [0.25, 0.3) is 0 Å². The molecule has 0 aliphatic carbocycles. The Morgan fingerprint density at radius 3 is 2.76 bits per heavy atom. The van der Waals surface area contributed by atoms with Crippen LogP contribution in [-0.2, 0) is 19.6 Å². The second kappa shape index (κ2) is 8.42. The highest BCUT2D eigenvalue weighted by molar-refractivity contribution is 7.89. The summed E-state index contributed by atoms with van der Waals surface area (Å²) >= 11 is 0. The number of aliphatic hydroxyl groups excluding tert-OH is 1. The zero-order chi connectivity index (χ0) is 15.7. The topological polar surface area (TPSA) is 92.7 Å². The molecule has 0 saturated heterocycles. The summed E-state index contributed by atoms with van der Waals surface area (Å²) in [7, 11) is -3.86. The predicted molar refractivity (Wildman–Crippen MR) is 76.8 cm³/mol. The molecule has 0 bridgehead atoms. The molecule has 0 unspecified atom stereocenters. The number of aliphatic hydroxyl groups is 1. The standard InChI is InChI=1S/C14H17NO5S/c1-2-20-14(17)11-15-21(18,19)13-9-4-3-7-12(13)8-5-6-10-16/h3-4,7,9,15-16H,2,6,10-11H2,1H3. The summed E-state index contributed by atoms with van der Waals surface area (Å²) in [4.78, 5) is 11.2. The summed E-state index contributed by atoms with van der Waals surface area (Å²) in [5.74, 6) is 4.70. The van der Waals surface area contributed by atoms with Crippen LogP contribution in [0.3, 0.4) is 0 Å². The van der Waals surface area contributed by atoms with E-state index in [1.54, 1.807) is 25.1 Å². The molecule has 0 amide bonds. The normalized spacial score (nSPS) is 10.6. The van der Waals surface area contributed by atoms with Crippen molar-refractivity contribution < 1.29 is 23.1 Å². The van der Waals surface area contributed by atoms with Gasteiger partial charge in [-0.1, -0.05) is 24.0 Å². The van der Waals surface area contributed by atoms with E-state index in [4.69, 9.17) is 5.11 Å². The first-order chi connectivity index (χ1) is 10.0. The van der Waals surface area contributed by atoms with E-state index in [0.717, 1.165) is 0 Å². The molecule has 0 atom stereocenters. The maximum atomic E-state index is 12.2. The summed E-state index contributed by atoms with van der Waals surface area (Å²) in [6.07, 6.45) is 0.255. The number of hydrogen-bond acceptors (Lipinski definition) is 5. The minimum absolute atomic E-state index is 0.0141. The number of carbonyl (C=O) groups is 1. The molecular weight excluding hydrogens is 294 g/mol. The Morgan fingerprint density at radius 1 is 1.38 bits per heavy atom. The number of benzene rings is 1. The van der Waals surface area contributed by atoms with Crippen molar-refractivity contribution in [2.45, 2.75) is 18.2 Å². The molecule has 0 fully saturated rings. The van der Waals surface area contributed by atoms with Crippen LogP contribution in [0.5, 0.6) is 0 Å². The molecule has 114 valence electrons. The van der Waals surface area contributed by atoms with Crippen molar-refractivity contribution in [2.24, 2.45) is 0 Å². The largest absolute Gasteiger partial charge is 0.465 e. The second-order valence-electron chi connectivity index (χ2n) is 3.90. The van der Waals surface area contributed by atoms with Gasteiger partial charge in [0.15, 0.2) is 0 Å². The van der Waals surface area contributed by atoms with Crippen LogP contribution in [-0.4, -0.2) is 39.3 Å². The van der Waals surface area contributed by atoms with E-state index in [-0.39, 0.29) is 24.5 Å². The highest BCUT2D eigenvalue weighted by Gasteiger charge is 2.18. The fourth-order valence-corrected chi connectivity index (χ4v) is 2.59.